The van der Waals surface area contributed by atoms with Gasteiger partial charge in [0.1, 0.15) is 0 Å². The van der Waals surface area contributed by atoms with Crippen LogP contribution in [0.5, 0.6) is 0 Å². The summed E-state index contributed by atoms with van der Waals surface area (Å²) in [5.74, 6) is -0.737. The number of halogens is 6. The maximum absolute atomic E-state index is 13.1. The molecule has 1 atom stereocenters. The van der Waals surface area contributed by atoms with Gasteiger partial charge < -0.3 is 15.3 Å². The van der Waals surface area contributed by atoms with Gasteiger partial charge in [-0.25, -0.2) is 0 Å². The third-order valence-electron chi connectivity index (χ3n) is 5.52. The first-order valence-electron chi connectivity index (χ1n) is 9.67. The quantitative estimate of drug-likeness (QED) is 0.704. The predicted molar refractivity (Wildman–Crippen MR) is 98.2 cm³/mol. The van der Waals surface area contributed by atoms with E-state index in [1.807, 2.05) is 4.90 Å². The van der Waals surface area contributed by atoms with E-state index in [-0.39, 0.29) is 12.2 Å². The van der Waals surface area contributed by atoms with Crippen LogP contribution in [-0.4, -0.2) is 60.4 Å². The van der Waals surface area contributed by atoms with Crippen LogP contribution in [0.4, 0.5) is 37.7 Å². The highest BCUT2D eigenvalue weighted by molar-refractivity contribution is 5.96. The van der Waals surface area contributed by atoms with Crippen molar-refractivity contribution in [3.05, 3.63) is 23.8 Å². The van der Waals surface area contributed by atoms with Crippen molar-refractivity contribution in [2.24, 2.45) is 0 Å². The summed E-state index contributed by atoms with van der Waals surface area (Å²) < 4.78 is 78.2. The molecule has 30 heavy (non-hydrogen) atoms. The van der Waals surface area contributed by atoms with Crippen molar-refractivity contribution in [3.63, 3.8) is 0 Å². The molecule has 0 radical (unpaired) electrons. The van der Waals surface area contributed by atoms with E-state index in [0.29, 0.717) is 18.8 Å². The molecule has 0 bridgehead atoms. The lowest BCUT2D eigenvalue weighted by Crippen LogP contribution is -2.48. The molecule has 0 aliphatic carbocycles. The zero-order valence-corrected chi connectivity index (χ0v) is 16.1. The monoisotopic (exact) mass is 439 g/mol. The minimum absolute atomic E-state index is 0.0259. The summed E-state index contributed by atoms with van der Waals surface area (Å²) >= 11 is 0. The van der Waals surface area contributed by atoms with Gasteiger partial charge in [0.05, 0.1) is 23.5 Å². The van der Waals surface area contributed by atoms with Crippen molar-refractivity contribution in [1.29, 1.82) is 0 Å². The fourth-order valence-electron chi connectivity index (χ4n) is 3.85. The van der Waals surface area contributed by atoms with Crippen LogP contribution in [0, 0.1) is 0 Å². The number of rotatable bonds is 4. The van der Waals surface area contributed by atoms with Crippen LogP contribution < -0.4 is 10.2 Å². The molecule has 168 valence electrons. The first-order valence-corrected chi connectivity index (χ1v) is 9.67. The molecule has 2 aliphatic rings. The van der Waals surface area contributed by atoms with Crippen LogP contribution in [0.15, 0.2) is 18.2 Å². The Morgan fingerprint density at radius 1 is 1.07 bits per heavy atom. The molecule has 5 nitrogen and oxygen atoms in total. The molecule has 11 heteroatoms. The van der Waals surface area contributed by atoms with Crippen molar-refractivity contribution in [2.75, 3.05) is 42.9 Å². The Balaban J connectivity index is 1.74. The Kier molecular flexibility index (Phi) is 6.24. The number of piperidine rings is 1. The van der Waals surface area contributed by atoms with Crippen LogP contribution >= 0.6 is 0 Å². The summed E-state index contributed by atoms with van der Waals surface area (Å²) in [6.07, 6.45) is -7.22. The van der Waals surface area contributed by atoms with Crippen molar-refractivity contribution >= 4 is 17.3 Å². The highest BCUT2D eigenvalue weighted by atomic mass is 19.4. The van der Waals surface area contributed by atoms with Gasteiger partial charge in [-0.1, -0.05) is 0 Å². The van der Waals surface area contributed by atoms with Crippen LogP contribution in [0.2, 0.25) is 0 Å². The average molecular weight is 439 g/mol. The van der Waals surface area contributed by atoms with Crippen LogP contribution in [0.1, 0.15) is 31.2 Å². The summed E-state index contributed by atoms with van der Waals surface area (Å²) in [5, 5.41) is 12.1. The molecule has 2 saturated heterocycles. The van der Waals surface area contributed by atoms with E-state index in [0.717, 1.165) is 36.3 Å². The fourth-order valence-corrected chi connectivity index (χ4v) is 3.85. The fraction of sp³-hybridized carbons (Fsp3) is 0.632. The number of nitrogens with one attached hydrogen (secondary N) is 1. The Bertz CT molecular complexity index is 777. The Labute approximate surface area is 169 Å². The van der Waals surface area contributed by atoms with Gasteiger partial charge in [0.15, 0.2) is 5.60 Å². The highest BCUT2D eigenvalue weighted by Crippen LogP contribution is 2.38. The number of hydrogen-bond donors (Lipinski definition) is 2. The van der Waals surface area contributed by atoms with E-state index in [4.69, 9.17) is 0 Å². The summed E-state index contributed by atoms with van der Waals surface area (Å²) in [6, 6.07) is 3.10. The number of hydrogen-bond acceptors (Lipinski definition) is 4. The lowest BCUT2D eigenvalue weighted by molar-refractivity contribution is -0.253. The number of benzene rings is 1. The molecule has 0 aromatic heterocycles. The van der Waals surface area contributed by atoms with E-state index in [1.54, 1.807) is 0 Å². The maximum Gasteiger partial charge on any atom is 0.418 e. The third-order valence-corrected chi connectivity index (χ3v) is 5.52. The normalized spacial score (nSPS) is 23.6. The Hall–Kier alpha value is -2.01. The van der Waals surface area contributed by atoms with Gasteiger partial charge >= 0.3 is 12.4 Å². The largest absolute Gasteiger partial charge is 0.418 e. The molecule has 2 N–H and O–H groups in total. The van der Waals surface area contributed by atoms with Crippen LogP contribution in [-0.2, 0) is 11.0 Å². The van der Waals surface area contributed by atoms with E-state index in [2.05, 4.69) is 5.32 Å². The third kappa shape index (κ3) is 5.00. The van der Waals surface area contributed by atoms with Gasteiger partial charge in [-0.15, -0.1) is 0 Å². The number of carbonyl (C=O) groups excluding carboxylic acids is 1. The molecule has 0 saturated carbocycles. The second-order valence-electron chi connectivity index (χ2n) is 7.82. The minimum atomic E-state index is -4.82. The second kappa shape index (κ2) is 8.26. The van der Waals surface area contributed by atoms with Gasteiger partial charge in [0.2, 0.25) is 5.91 Å². The summed E-state index contributed by atoms with van der Waals surface area (Å²) in [7, 11) is 0. The van der Waals surface area contributed by atoms with E-state index in [1.165, 1.54) is 6.07 Å². The number of anilines is 2. The number of amides is 1. The van der Waals surface area contributed by atoms with Gasteiger partial charge in [0.25, 0.3) is 0 Å². The molecule has 0 spiro atoms. The second-order valence-corrected chi connectivity index (χ2v) is 7.82. The average Bonchev–Trinajstić information content (AvgIpc) is 3.03. The maximum atomic E-state index is 13.1. The molecule has 2 aliphatic heterocycles. The zero-order valence-electron chi connectivity index (χ0n) is 16.1. The lowest BCUT2D eigenvalue weighted by atomic mass is 10.0. The first kappa shape index (κ1) is 22.7. The summed E-state index contributed by atoms with van der Waals surface area (Å²) in [6.45, 7) is -0.0947. The van der Waals surface area contributed by atoms with E-state index < -0.39 is 48.9 Å². The minimum Gasteiger partial charge on any atom is -0.379 e. The van der Waals surface area contributed by atoms with Gasteiger partial charge in [0, 0.05) is 26.2 Å². The topological polar surface area (TPSA) is 55.8 Å². The molecule has 1 amide bonds. The first-order chi connectivity index (χ1) is 13.9. The van der Waals surface area contributed by atoms with Crippen molar-refractivity contribution in [2.45, 2.75) is 43.6 Å². The molecular formula is C19H23F6N3O2. The number of likely N-dealkylation sites (tertiary alicyclic amines) is 1. The Morgan fingerprint density at radius 2 is 1.73 bits per heavy atom. The van der Waals surface area contributed by atoms with Crippen molar-refractivity contribution in [3.8, 4) is 0 Å². The lowest BCUT2D eigenvalue weighted by Gasteiger charge is -2.31. The molecule has 0 unspecified atom stereocenters. The Morgan fingerprint density at radius 3 is 2.30 bits per heavy atom. The van der Waals surface area contributed by atoms with Gasteiger partial charge in [-0.3, -0.25) is 9.69 Å². The summed E-state index contributed by atoms with van der Waals surface area (Å²) in [5.41, 5.74) is -3.39. The van der Waals surface area contributed by atoms with Gasteiger partial charge in [-0.05, 0) is 43.9 Å². The zero-order chi connectivity index (χ0) is 22.2. The highest BCUT2D eigenvalue weighted by Gasteiger charge is 2.57. The number of aliphatic hydroxyl groups is 1. The predicted octanol–water partition coefficient (Wildman–Crippen LogP) is 3.63. The van der Waals surface area contributed by atoms with Crippen LogP contribution in [0.3, 0.4) is 0 Å². The van der Waals surface area contributed by atoms with E-state index >= 15 is 0 Å². The molecule has 3 rings (SSSR count). The molecule has 2 fully saturated rings. The number of β-amino-alcohol motifs (C(OH)–C–C–N with tert-alkyl or cyclic N) is 1. The van der Waals surface area contributed by atoms with Crippen molar-refractivity contribution < 1.29 is 36.2 Å². The number of alkyl halides is 6. The molecular weight excluding hydrogens is 416 g/mol. The molecule has 1 aromatic carbocycles. The number of carbonyl (C=O) groups is 1. The van der Waals surface area contributed by atoms with Crippen LogP contribution in [0.25, 0.3) is 0 Å². The molecule has 2 heterocycles. The SMILES string of the molecule is O=C(CN1CC[C@](O)(C(F)(F)F)C1)Nc1cc(C(F)(F)F)ccc1N1CCCCC1. The summed E-state index contributed by atoms with van der Waals surface area (Å²) in [4.78, 5) is 15.4. The van der Waals surface area contributed by atoms with Gasteiger partial charge in [-0.2, -0.15) is 26.3 Å². The smallest absolute Gasteiger partial charge is 0.379 e. The standard InChI is InChI=1S/C19H23F6N3O2/c20-18(21,22)13-4-5-15(28-7-2-1-3-8-28)14(10-13)26-16(29)11-27-9-6-17(30,12-27)19(23,24)25/h4-5,10,30H,1-3,6-9,11-12H2,(H,26,29)/t17-/m1/s1. The number of nitrogens with zero attached hydrogens (tertiary/aromatic N) is 2. The molecule has 1 aromatic rings. The van der Waals surface area contributed by atoms with E-state index in [9.17, 15) is 36.2 Å². The van der Waals surface area contributed by atoms with Crippen molar-refractivity contribution in [1.82, 2.24) is 4.90 Å².